The summed E-state index contributed by atoms with van der Waals surface area (Å²) < 4.78 is 5.20. The Bertz CT molecular complexity index is 807. The van der Waals surface area contributed by atoms with Gasteiger partial charge in [0.15, 0.2) is 5.78 Å². The van der Waals surface area contributed by atoms with E-state index < -0.39 is 7.12 Å². The maximum absolute atomic E-state index is 12.5. The van der Waals surface area contributed by atoms with Gasteiger partial charge in [-0.1, -0.05) is 48.5 Å². The Morgan fingerprint density at radius 1 is 1.04 bits per heavy atom. The van der Waals surface area contributed by atoms with Crippen molar-refractivity contribution in [2.24, 2.45) is 0 Å². The van der Waals surface area contributed by atoms with E-state index in [1.54, 1.807) is 6.07 Å². The zero-order chi connectivity index (χ0) is 19.3. The summed E-state index contributed by atoms with van der Waals surface area (Å²) in [6, 6.07) is 16.1. The van der Waals surface area contributed by atoms with Crippen LogP contribution >= 0.6 is 0 Å². The summed E-state index contributed by atoms with van der Waals surface area (Å²) in [5.41, 5.74) is 3.75. The highest BCUT2D eigenvalue weighted by atomic mass is 16.5. The molecule has 4 rings (SSSR count). The lowest BCUT2D eigenvalue weighted by atomic mass is 9.78. The van der Waals surface area contributed by atoms with Crippen LogP contribution in [0.3, 0.4) is 0 Å². The second kappa shape index (κ2) is 9.01. The summed E-state index contributed by atoms with van der Waals surface area (Å²) in [6.07, 6.45) is 1.41. The van der Waals surface area contributed by atoms with Crippen LogP contribution in [-0.4, -0.2) is 60.4 Å². The van der Waals surface area contributed by atoms with Crippen molar-refractivity contribution in [1.82, 2.24) is 9.80 Å². The number of Topliss-reactive ketones (excluding diaryl/α,β-unsaturated/α-hetero) is 1. The van der Waals surface area contributed by atoms with Crippen LogP contribution in [0.25, 0.3) is 0 Å². The van der Waals surface area contributed by atoms with Crippen molar-refractivity contribution in [3.63, 3.8) is 0 Å². The first-order valence-electron chi connectivity index (χ1n) is 10.1. The van der Waals surface area contributed by atoms with E-state index in [0.717, 1.165) is 56.7 Å². The first kappa shape index (κ1) is 19.3. The lowest BCUT2D eigenvalue weighted by molar-refractivity contribution is 0.0959. The number of fused-ring (bicyclic) bond motifs is 1. The smallest absolute Gasteiger partial charge is 0.423 e. The number of carbonyl (C=O) groups is 1. The first-order chi connectivity index (χ1) is 13.7. The van der Waals surface area contributed by atoms with Gasteiger partial charge in [-0.05, 0) is 29.6 Å². The van der Waals surface area contributed by atoms with Crippen LogP contribution in [0.4, 0.5) is 0 Å². The number of ketones is 1. The third-order valence-corrected chi connectivity index (χ3v) is 5.72. The summed E-state index contributed by atoms with van der Waals surface area (Å²) in [4.78, 5) is 17.4. The number of nitrogens with zero attached hydrogens (tertiary/aromatic N) is 2. The minimum Gasteiger partial charge on any atom is -0.423 e. The second-order valence-electron chi connectivity index (χ2n) is 7.71. The van der Waals surface area contributed by atoms with Crippen molar-refractivity contribution in [3.8, 4) is 0 Å². The monoisotopic (exact) mass is 378 g/mol. The third kappa shape index (κ3) is 4.70. The zero-order valence-corrected chi connectivity index (χ0v) is 16.2. The van der Waals surface area contributed by atoms with E-state index in [1.807, 2.05) is 12.1 Å². The van der Waals surface area contributed by atoms with Crippen molar-refractivity contribution in [2.75, 3.05) is 32.7 Å². The molecule has 2 heterocycles. The van der Waals surface area contributed by atoms with Gasteiger partial charge in [0.2, 0.25) is 0 Å². The van der Waals surface area contributed by atoms with Crippen molar-refractivity contribution < 1.29 is 14.5 Å². The molecule has 0 bridgehead atoms. The number of hydrogen-bond acceptors (Lipinski definition) is 5. The van der Waals surface area contributed by atoms with Gasteiger partial charge in [-0.3, -0.25) is 9.69 Å². The van der Waals surface area contributed by atoms with Crippen LogP contribution < -0.4 is 5.46 Å². The van der Waals surface area contributed by atoms with Crippen LogP contribution in [0.5, 0.6) is 0 Å². The van der Waals surface area contributed by atoms with Gasteiger partial charge in [-0.25, -0.2) is 0 Å². The fraction of sp³-hybridized carbons (Fsp3) is 0.409. The largest absolute Gasteiger partial charge is 0.491 e. The lowest BCUT2D eigenvalue weighted by Crippen LogP contribution is -2.46. The van der Waals surface area contributed by atoms with Crippen LogP contribution in [0.15, 0.2) is 48.5 Å². The Morgan fingerprint density at radius 2 is 1.79 bits per heavy atom. The van der Waals surface area contributed by atoms with E-state index in [-0.39, 0.29) is 5.78 Å². The second-order valence-corrected chi connectivity index (χ2v) is 7.71. The lowest BCUT2D eigenvalue weighted by Gasteiger charge is -2.34. The number of hydrogen-bond donors (Lipinski definition) is 1. The molecule has 0 atom stereocenters. The Labute approximate surface area is 167 Å². The van der Waals surface area contributed by atoms with Crippen LogP contribution in [0, 0.1) is 0 Å². The highest BCUT2D eigenvalue weighted by Crippen LogP contribution is 2.14. The summed E-state index contributed by atoms with van der Waals surface area (Å²) in [5, 5.41) is 9.80. The third-order valence-electron chi connectivity index (χ3n) is 5.72. The molecule has 146 valence electrons. The van der Waals surface area contributed by atoms with E-state index in [4.69, 9.17) is 4.65 Å². The highest BCUT2D eigenvalue weighted by Gasteiger charge is 2.28. The predicted octanol–water partition coefficient (Wildman–Crippen LogP) is 1.68. The summed E-state index contributed by atoms with van der Waals surface area (Å²) in [5.74, 6) is 0.143. The Hall–Kier alpha value is -1.99. The molecule has 0 unspecified atom stereocenters. The Balaban J connectivity index is 1.19. The molecular weight excluding hydrogens is 351 g/mol. The van der Waals surface area contributed by atoms with Gasteiger partial charge in [0.25, 0.3) is 0 Å². The number of rotatable bonds is 7. The van der Waals surface area contributed by atoms with Crippen LogP contribution in [0.2, 0.25) is 0 Å². The minimum atomic E-state index is -0.894. The van der Waals surface area contributed by atoms with Gasteiger partial charge in [0.05, 0.1) is 6.61 Å². The fourth-order valence-corrected chi connectivity index (χ4v) is 4.01. The number of carbonyl (C=O) groups excluding carboxylic acids is 1. The van der Waals surface area contributed by atoms with Gasteiger partial charge >= 0.3 is 7.12 Å². The van der Waals surface area contributed by atoms with Crippen LogP contribution in [0.1, 0.15) is 34.3 Å². The van der Waals surface area contributed by atoms with Crippen LogP contribution in [-0.2, 0) is 17.8 Å². The number of piperazine rings is 1. The summed E-state index contributed by atoms with van der Waals surface area (Å²) >= 11 is 0. The Kier molecular flexibility index (Phi) is 6.22. The van der Waals surface area contributed by atoms with Gasteiger partial charge in [0.1, 0.15) is 0 Å². The zero-order valence-electron chi connectivity index (χ0n) is 16.2. The SMILES string of the molecule is O=C(CCCN1CCN(Cc2ccccc2)CC1)c1ccc2c(c1)B(O)OC2. The molecule has 1 fully saturated rings. The molecule has 0 aromatic heterocycles. The average Bonchev–Trinajstić information content (AvgIpc) is 3.10. The average molecular weight is 378 g/mol. The summed E-state index contributed by atoms with van der Waals surface area (Å²) in [7, 11) is -0.894. The van der Waals surface area contributed by atoms with Crippen molar-refractivity contribution in [2.45, 2.75) is 26.0 Å². The Morgan fingerprint density at radius 3 is 2.57 bits per heavy atom. The van der Waals surface area contributed by atoms with Crippen molar-refractivity contribution in [1.29, 1.82) is 0 Å². The molecule has 2 aromatic carbocycles. The van der Waals surface area contributed by atoms with Gasteiger partial charge < -0.3 is 14.6 Å². The fourth-order valence-electron chi connectivity index (χ4n) is 4.01. The van der Waals surface area contributed by atoms with E-state index in [9.17, 15) is 9.82 Å². The predicted molar refractivity (Wildman–Crippen MR) is 111 cm³/mol. The molecule has 0 amide bonds. The van der Waals surface area contributed by atoms with E-state index in [0.29, 0.717) is 18.6 Å². The topological polar surface area (TPSA) is 53.0 Å². The van der Waals surface area contributed by atoms with Gasteiger partial charge in [-0.15, -0.1) is 0 Å². The molecular formula is C22H27BN2O3. The quantitative estimate of drug-likeness (QED) is 0.587. The standard InChI is InChI=1S/C22H27BN2O3/c26-22(19-8-9-20-17-28-23(27)21(20)15-19)7-4-10-24-11-13-25(14-12-24)16-18-5-2-1-3-6-18/h1-3,5-6,8-9,15,27H,4,7,10-14,16-17H2. The molecule has 0 radical (unpaired) electrons. The molecule has 2 aliphatic heterocycles. The van der Waals surface area contributed by atoms with Gasteiger partial charge in [0, 0.05) is 44.7 Å². The van der Waals surface area contributed by atoms with Gasteiger partial charge in [-0.2, -0.15) is 0 Å². The molecule has 0 aliphatic carbocycles. The number of benzene rings is 2. The molecule has 1 N–H and O–H groups in total. The minimum absolute atomic E-state index is 0.143. The molecule has 2 aromatic rings. The van der Waals surface area contributed by atoms with E-state index in [2.05, 4.69) is 40.1 Å². The molecule has 6 heteroatoms. The van der Waals surface area contributed by atoms with E-state index in [1.165, 1.54) is 5.56 Å². The molecule has 1 saturated heterocycles. The maximum atomic E-state index is 12.5. The molecule has 2 aliphatic rings. The van der Waals surface area contributed by atoms with Crippen molar-refractivity contribution >= 4 is 18.4 Å². The highest BCUT2D eigenvalue weighted by molar-refractivity contribution is 6.61. The normalized spacial score (nSPS) is 17.7. The molecule has 0 saturated carbocycles. The van der Waals surface area contributed by atoms with E-state index >= 15 is 0 Å². The molecule has 28 heavy (non-hydrogen) atoms. The summed E-state index contributed by atoms with van der Waals surface area (Å²) in [6.45, 7) is 6.66. The first-order valence-corrected chi connectivity index (χ1v) is 10.1. The van der Waals surface area contributed by atoms with Crippen molar-refractivity contribution in [3.05, 3.63) is 65.2 Å². The molecule has 5 nitrogen and oxygen atoms in total. The maximum Gasteiger partial charge on any atom is 0.491 e. The molecule has 0 spiro atoms.